The summed E-state index contributed by atoms with van der Waals surface area (Å²) >= 11 is 0. The number of nitrogens with zero attached hydrogens (tertiary/aromatic N) is 1. The van der Waals surface area contributed by atoms with Gasteiger partial charge in [0.1, 0.15) is 6.04 Å². The highest BCUT2D eigenvalue weighted by atomic mass is 16.1. The van der Waals surface area contributed by atoms with Gasteiger partial charge in [-0.05, 0) is 17.2 Å². The highest BCUT2D eigenvalue weighted by molar-refractivity contribution is 5.81. The van der Waals surface area contributed by atoms with Gasteiger partial charge in [0.05, 0.1) is 0 Å². The molecule has 0 fully saturated rings. The van der Waals surface area contributed by atoms with Crippen LogP contribution in [0.1, 0.15) is 17.2 Å². The van der Waals surface area contributed by atoms with Crippen molar-refractivity contribution in [1.82, 2.24) is 10.3 Å². The normalized spacial score (nSPS) is 12.0. The number of primary amides is 1. The van der Waals surface area contributed by atoms with Gasteiger partial charge in [0.25, 0.3) is 0 Å². The van der Waals surface area contributed by atoms with Crippen LogP contribution in [0.2, 0.25) is 0 Å². The number of nitrogens with two attached hydrogens (primary N) is 1. The Morgan fingerprint density at radius 3 is 2.61 bits per heavy atom. The van der Waals surface area contributed by atoms with Gasteiger partial charge in [-0.25, -0.2) is 0 Å². The molecule has 1 aromatic heterocycles. The number of carbonyl (C=O) groups is 1. The SMILES string of the molecule is NC(=O)C(NCc1ccccc1)c1cccnc1. The Labute approximate surface area is 106 Å². The van der Waals surface area contributed by atoms with Crippen molar-refractivity contribution in [2.75, 3.05) is 0 Å². The Morgan fingerprint density at radius 2 is 2.00 bits per heavy atom. The van der Waals surface area contributed by atoms with E-state index in [0.717, 1.165) is 11.1 Å². The predicted molar refractivity (Wildman–Crippen MR) is 69.5 cm³/mol. The first-order valence-corrected chi connectivity index (χ1v) is 5.74. The number of nitrogens with one attached hydrogen (secondary N) is 1. The molecule has 0 radical (unpaired) electrons. The van der Waals surface area contributed by atoms with Crippen LogP contribution >= 0.6 is 0 Å². The van der Waals surface area contributed by atoms with E-state index in [1.54, 1.807) is 18.5 Å². The number of aromatic nitrogens is 1. The summed E-state index contributed by atoms with van der Waals surface area (Å²) in [4.78, 5) is 15.4. The first kappa shape index (κ1) is 12.3. The molecule has 0 saturated heterocycles. The fourth-order valence-electron chi connectivity index (χ4n) is 1.75. The van der Waals surface area contributed by atoms with Crippen LogP contribution < -0.4 is 11.1 Å². The molecule has 0 aliphatic carbocycles. The molecule has 1 aromatic carbocycles. The second-order valence-corrected chi connectivity index (χ2v) is 3.99. The third-order valence-corrected chi connectivity index (χ3v) is 2.66. The summed E-state index contributed by atoms with van der Waals surface area (Å²) in [7, 11) is 0. The molecule has 3 N–H and O–H groups in total. The summed E-state index contributed by atoms with van der Waals surface area (Å²) in [5.74, 6) is -0.404. The molecule has 2 rings (SSSR count). The Kier molecular flexibility index (Phi) is 4.04. The van der Waals surface area contributed by atoms with Crippen molar-refractivity contribution in [1.29, 1.82) is 0 Å². The number of benzene rings is 1. The smallest absolute Gasteiger partial charge is 0.239 e. The van der Waals surface area contributed by atoms with E-state index in [-0.39, 0.29) is 0 Å². The third-order valence-electron chi connectivity index (χ3n) is 2.66. The van der Waals surface area contributed by atoms with E-state index in [2.05, 4.69) is 10.3 Å². The van der Waals surface area contributed by atoms with Gasteiger partial charge in [-0.1, -0.05) is 36.4 Å². The molecule has 0 spiro atoms. The molecule has 1 amide bonds. The van der Waals surface area contributed by atoms with Gasteiger partial charge in [0, 0.05) is 18.9 Å². The van der Waals surface area contributed by atoms with Crippen molar-refractivity contribution in [2.24, 2.45) is 5.73 Å². The lowest BCUT2D eigenvalue weighted by Crippen LogP contribution is -2.33. The van der Waals surface area contributed by atoms with Gasteiger partial charge < -0.3 is 5.73 Å². The maximum absolute atomic E-state index is 11.5. The van der Waals surface area contributed by atoms with Gasteiger partial charge in [-0.3, -0.25) is 15.1 Å². The average Bonchev–Trinajstić information content (AvgIpc) is 2.41. The molecule has 1 atom stereocenters. The van der Waals surface area contributed by atoms with Crippen LogP contribution in [0.5, 0.6) is 0 Å². The van der Waals surface area contributed by atoms with Crippen LogP contribution in [0.3, 0.4) is 0 Å². The lowest BCUT2D eigenvalue weighted by atomic mass is 10.1. The summed E-state index contributed by atoms with van der Waals surface area (Å²) < 4.78 is 0. The fourth-order valence-corrected chi connectivity index (χ4v) is 1.75. The quantitative estimate of drug-likeness (QED) is 0.831. The van der Waals surface area contributed by atoms with Crippen molar-refractivity contribution in [3.63, 3.8) is 0 Å². The van der Waals surface area contributed by atoms with E-state index in [1.807, 2.05) is 36.4 Å². The lowest BCUT2D eigenvalue weighted by molar-refractivity contribution is -0.120. The second-order valence-electron chi connectivity index (χ2n) is 3.99. The van der Waals surface area contributed by atoms with Crippen molar-refractivity contribution in [3.05, 3.63) is 66.0 Å². The first-order valence-electron chi connectivity index (χ1n) is 5.74. The van der Waals surface area contributed by atoms with Crippen LogP contribution in [-0.2, 0) is 11.3 Å². The molecule has 1 unspecified atom stereocenters. The second kappa shape index (κ2) is 5.93. The van der Waals surface area contributed by atoms with Crippen LogP contribution in [-0.4, -0.2) is 10.9 Å². The number of hydrogen-bond acceptors (Lipinski definition) is 3. The van der Waals surface area contributed by atoms with Gasteiger partial charge in [0.15, 0.2) is 0 Å². The molecule has 1 heterocycles. The molecule has 4 nitrogen and oxygen atoms in total. The summed E-state index contributed by atoms with van der Waals surface area (Å²) in [6.45, 7) is 0.587. The number of carbonyl (C=O) groups excluding carboxylic acids is 1. The lowest BCUT2D eigenvalue weighted by Gasteiger charge is -2.15. The summed E-state index contributed by atoms with van der Waals surface area (Å²) in [6.07, 6.45) is 3.31. The molecular formula is C14H15N3O. The zero-order chi connectivity index (χ0) is 12.8. The molecule has 4 heteroatoms. The van der Waals surface area contributed by atoms with E-state index in [4.69, 9.17) is 5.73 Å². The summed E-state index contributed by atoms with van der Waals surface area (Å²) in [5, 5.41) is 3.14. The van der Waals surface area contributed by atoms with Gasteiger partial charge in [-0.2, -0.15) is 0 Å². The van der Waals surface area contributed by atoms with Crippen molar-refractivity contribution >= 4 is 5.91 Å². The molecule has 0 aliphatic heterocycles. The predicted octanol–water partition coefficient (Wildman–Crippen LogP) is 1.40. The average molecular weight is 241 g/mol. The molecule has 0 bridgehead atoms. The standard InChI is InChI=1S/C14H15N3O/c15-14(18)13(12-7-4-8-16-10-12)17-9-11-5-2-1-3-6-11/h1-8,10,13,17H,9H2,(H2,15,18). The van der Waals surface area contributed by atoms with E-state index in [9.17, 15) is 4.79 Å². The summed E-state index contributed by atoms with van der Waals surface area (Å²) in [5.41, 5.74) is 7.29. The van der Waals surface area contributed by atoms with Crippen LogP contribution in [0.4, 0.5) is 0 Å². The number of rotatable bonds is 5. The monoisotopic (exact) mass is 241 g/mol. The van der Waals surface area contributed by atoms with Crippen LogP contribution in [0, 0.1) is 0 Å². The molecule has 2 aromatic rings. The number of hydrogen-bond donors (Lipinski definition) is 2. The maximum Gasteiger partial charge on any atom is 0.239 e. The minimum atomic E-state index is -0.515. The zero-order valence-corrected chi connectivity index (χ0v) is 9.91. The third kappa shape index (κ3) is 3.15. The Bertz CT molecular complexity index is 499. The number of amides is 1. The minimum absolute atomic E-state index is 0.404. The number of pyridine rings is 1. The topological polar surface area (TPSA) is 68.0 Å². The van der Waals surface area contributed by atoms with Crippen molar-refractivity contribution in [3.8, 4) is 0 Å². The highest BCUT2D eigenvalue weighted by Crippen LogP contribution is 2.11. The highest BCUT2D eigenvalue weighted by Gasteiger charge is 2.16. The minimum Gasteiger partial charge on any atom is -0.368 e. The van der Waals surface area contributed by atoms with Crippen LogP contribution in [0.25, 0.3) is 0 Å². The Hall–Kier alpha value is -2.20. The van der Waals surface area contributed by atoms with Crippen molar-refractivity contribution in [2.45, 2.75) is 12.6 Å². The fraction of sp³-hybridized carbons (Fsp3) is 0.143. The first-order chi connectivity index (χ1) is 8.77. The van der Waals surface area contributed by atoms with E-state index in [1.165, 1.54) is 0 Å². The zero-order valence-electron chi connectivity index (χ0n) is 9.91. The molecule has 0 saturated carbocycles. The summed E-state index contributed by atoms with van der Waals surface area (Å²) in [6, 6.07) is 13.0. The van der Waals surface area contributed by atoms with Gasteiger partial charge >= 0.3 is 0 Å². The van der Waals surface area contributed by atoms with Crippen molar-refractivity contribution < 1.29 is 4.79 Å². The largest absolute Gasteiger partial charge is 0.368 e. The van der Waals surface area contributed by atoms with E-state index < -0.39 is 11.9 Å². The Balaban J connectivity index is 2.06. The van der Waals surface area contributed by atoms with Crippen LogP contribution in [0.15, 0.2) is 54.9 Å². The molecule has 92 valence electrons. The molecular weight excluding hydrogens is 226 g/mol. The van der Waals surface area contributed by atoms with E-state index >= 15 is 0 Å². The van der Waals surface area contributed by atoms with E-state index in [0.29, 0.717) is 6.54 Å². The van der Waals surface area contributed by atoms with Gasteiger partial charge in [0.2, 0.25) is 5.91 Å². The molecule has 0 aliphatic rings. The maximum atomic E-state index is 11.5. The Morgan fingerprint density at radius 1 is 1.22 bits per heavy atom. The van der Waals surface area contributed by atoms with Gasteiger partial charge in [-0.15, -0.1) is 0 Å². The molecule has 18 heavy (non-hydrogen) atoms.